The molecule has 3 rings (SSSR count). The van der Waals surface area contributed by atoms with Gasteiger partial charge in [-0.15, -0.1) is 0 Å². The number of carbonyl (C=O) groups is 1. The monoisotopic (exact) mass is 362 g/mol. The molecular weight excluding hydrogens is 347 g/mol. The van der Waals surface area contributed by atoms with Crippen molar-refractivity contribution in [1.82, 2.24) is 0 Å². The fourth-order valence-corrected chi connectivity index (χ4v) is 2.94. The van der Waals surface area contributed by atoms with Crippen LogP contribution in [0.5, 0.6) is 0 Å². The molecule has 0 radical (unpaired) electrons. The first-order valence-corrected chi connectivity index (χ1v) is 8.07. The van der Waals surface area contributed by atoms with E-state index in [1.165, 1.54) is 12.1 Å². The Hall–Kier alpha value is -1.88. The van der Waals surface area contributed by atoms with Gasteiger partial charge in [-0.2, -0.15) is 0 Å². The van der Waals surface area contributed by atoms with Gasteiger partial charge in [0.15, 0.2) is 0 Å². The Morgan fingerprint density at radius 3 is 2.36 bits per heavy atom. The topological polar surface area (TPSA) is 23.6 Å². The van der Waals surface area contributed by atoms with Crippen LogP contribution in [0.25, 0.3) is 0 Å². The summed E-state index contributed by atoms with van der Waals surface area (Å²) in [5.74, 6) is -0.204. The molecule has 3 nitrogen and oxygen atoms in total. The van der Waals surface area contributed by atoms with E-state index in [0.29, 0.717) is 13.1 Å². The third kappa shape index (κ3) is 2.73. The molecule has 0 saturated heterocycles. The van der Waals surface area contributed by atoms with Crippen LogP contribution < -0.4 is 9.80 Å². The maximum Gasteiger partial charge on any atom is 0.240 e. The molecule has 2 aromatic rings. The minimum absolute atomic E-state index is 0.0474. The number of halogens is 2. The maximum absolute atomic E-state index is 13.1. The first-order valence-electron chi connectivity index (χ1n) is 7.15. The number of anilines is 3. The molecule has 114 valence electrons. The van der Waals surface area contributed by atoms with Gasteiger partial charge in [0.25, 0.3) is 0 Å². The second-order valence-corrected chi connectivity index (χ2v) is 6.60. The minimum Gasteiger partial charge on any atom is -0.338 e. The molecular formula is C17H16BrFN2O. The Balaban J connectivity index is 2.01. The molecule has 1 heterocycles. The summed E-state index contributed by atoms with van der Waals surface area (Å²) in [6.07, 6.45) is 0. The van der Waals surface area contributed by atoms with Crippen LogP contribution in [0.4, 0.5) is 21.5 Å². The number of rotatable bonds is 2. The number of para-hydroxylation sites is 2. The molecule has 1 unspecified atom stereocenters. The van der Waals surface area contributed by atoms with Crippen LogP contribution in [-0.4, -0.2) is 23.8 Å². The first kappa shape index (κ1) is 15.0. The quantitative estimate of drug-likeness (QED) is 0.751. The first-order chi connectivity index (χ1) is 10.6. The third-order valence-electron chi connectivity index (χ3n) is 3.76. The molecule has 2 aromatic carbocycles. The predicted octanol–water partition coefficient (Wildman–Crippen LogP) is 4.09. The van der Waals surface area contributed by atoms with Crippen LogP contribution in [0.2, 0.25) is 0 Å². The van der Waals surface area contributed by atoms with Gasteiger partial charge in [-0.1, -0.05) is 28.1 Å². The Morgan fingerprint density at radius 1 is 1.09 bits per heavy atom. The van der Waals surface area contributed by atoms with Crippen LogP contribution in [-0.2, 0) is 4.79 Å². The van der Waals surface area contributed by atoms with E-state index in [1.807, 2.05) is 31.2 Å². The minimum atomic E-state index is -0.251. The molecule has 0 saturated carbocycles. The van der Waals surface area contributed by atoms with Crippen molar-refractivity contribution in [3.05, 3.63) is 54.3 Å². The zero-order valence-corrected chi connectivity index (χ0v) is 13.8. The standard InChI is InChI=1S/C17H16BrFN2O/c1-12(18)17(22)21-11-10-20(14-8-6-13(19)7-9-14)15-4-2-3-5-16(15)21/h2-9,12H,10-11H2,1H3. The summed E-state index contributed by atoms with van der Waals surface area (Å²) < 4.78 is 13.1. The Labute approximate surface area is 137 Å². The molecule has 22 heavy (non-hydrogen) atoms. The van der Waals surface area contributed by atoms with Gasteiger partial charge >= 0.3 is 0 Å². The highest BCUT2D eigenvalue weighted by atomic mass is 79.9. The Bertz CT molecular complexity index is 687. The number of benzene rings is 2. The summed E-state index contributed by atoms with van der Waals surface area (Å²) in [7, 11) is 0. The zero-order chi connectivity index (χ0) is 15.7. The van der Waals surface area contributed by atoms with Gasteiger partial charge in [0.05, 0.1) is 16.2 Å². The largest absolute Gasteiger partial charge is 0.338 e. The van der Waals surface area contributed by atoms with Crippen molar-refractivity contribution in [3.8, 4) is 0 Å². The summed E-state index contributed by atoms with van der Waals surface area (Å²) in [5, 5.41) is 0. The van der Waals surface area contributed by atoms with E-state index in [4.69, 9.17) is 0 Å². The number of fused-ring (bicyclic) bond motifs is 1. The fraction of sp³-hybridized carbons (Fsp3) is 0.235. The zero-order valence-electron chi connectivity index (χ0n) is 12.2. The lowest BCUT2D eigenvalue weighted by atomic mass is 10.1. The Kier molecular flexibility index (Phi) is 4.16. The Morgan fingerprint density at radius 2 is 1.73 bits per heavy atom. The lowest BCUT2D eigenvalue weighted by Crippen LogP contribution is -2.44. The van der Waals surface area contributed by atoms with Crippen molar-refractivity contribution in [2.24, 2.45) is 0 Å². The van der Waals surface area contributed by atoms with E-state index in [9.17, 15) is 9.18 Å². The van der Waals surface area contributed by atoms with Crippen molar-refractivity contribution in [2.45, 2.75) is 11.8 Å². The lowest BCUT2D eigenvalue weighted by Gasteiger charge is -2.38. The molecule has 0 spiro atoms. The van der Waals surface area contributed by atoms with Crippen molar-refractivity contribution in [3.63, 3.8) is 0 Å². The number of carbonyl (C=O) groups excluding carboxylic acids is 1. The molecule has 0 N–H and O–H groups in total. The SMILES string of the molecule is CC(Br)C(=O)N1CCN(c2ccc(F)cc2)c2ccccc21. The van der Waals surface area contributed by atoms with Gasteiger partial charge in [-0.3, -0.25) is 4.79 Å². The number of hydrogen-bond donors (Lipinski definition) is 0. The van der Waals surface area contributed by atoms with Crippen LogP contribution in [0.3, 0.4) is 0 Å². The van der Waals surface area contributed by atoms with E-state index in [-0.39, 0.29) is 16.6 Å². The van der Waals surface area contributed by atoms with E-state index < -0.39 is 0 Å². The predicted molar refractivity (Wildman–Crippen MR) is 90.6 cm³/mol. The molecule has 0 fully saturated rings. The van der Waals surface area contributed by atoms with E-state index in [0.717, 1.165) is 17.1 Å². The fourth-order valence-electron chi connectivity index (χ4n) is 2.69. The summed E-state index contributed by atoms with van der Waals surface area (Å²) in [6.45, 7) is 3.11. The highest BCUT2D eigenvalue weighted by molar-refractivity contribution is 9.10. The number of hydrogen-bond acceptors (Lipinski definition) is 2. The smallest absolute Gasteiger partial charge is 0.240 e. The maximum atomic E-state index is 13.1. The van der Waals surface area contributed by atoms with E-state index in [2.05, 4.69) is 20.8 Å². The van der Waals surface area contributed by atoms with Crippen molar-refractivity contribution >= 4 is 38.9 Å². The summed E-state index contributed by atoms with van der Waals surface area (Å²) in [4.78, 5) is 16.0. The van der Waals surface area contributed by atoms with Crippen molar-refractivity contribution in [1.29, 1.82) is 0 Å². The molecule has 0 aromatic heterocycles. The summed E-state index contributed by atoms with van der Waals surface area (Å²) in [5.41, 5.74) is 2.77. The van der Waals surface area contributed by atoms with Gasteiger partial charge in [-0.05, 0) is 43.3 Å². The normalized spacial score (nSPS) is 15.4. The van der Waals surface area contributed by atoms with Gasteiger partial charge in [0.2, 0.25) is 5.91 Å². The average molecular weight is 363 g/mol. The summed E-state index contributed by atoms with van der Waals surface area (Å²) >= 11 is 3.35. The second kappa shape index (κ2) is 6.08. The van der Waals surface area contributed by atoms with Gasteiger partial charge in [0, 0.05) is 18.8 Å². The highest BCUT2D eigenvalue weighted by Gasteiger charge is 2.28. The second-order valence-electron chi connectivity index (χ2n) is 5.22. The lowest BCUT2D eigenvalue weighted by molar-refractivity contribution is -0.117. The van der Waals surface area contributed by atoms with Crippen molar-refractivity contribution < 1.29 is 9.18 Å². The highest BCUT2D eigenvalue weighted by Crippen LogP contribution is 2.38. The van der Waals surface area contributed by atoms with E-state index >= 15 is 0 Å². The van der Waals surface area contributed by atoms with E-state index in [1.54, 1.807) is 17.0 Å². The molecule has 1 aliphatic heterocycles. The molecule has 5 heteroatoms. The molecule has 1 amide bonds. The van der Waals surface area contributed by atoms with Crippen molar-refractivity contribution in [2.75, 3.05) is 22.9 Å². The third-order valence-corrected chi connectivity index (χ3v) is 4.15. The molecule has 0 aliphatic carbocycles. The number of amides is 1. The van der Waals surface area contributed by atoms with Crippen LogP contribution >= 0.6 is 15.9 Å². The molecule has 0 bridgehead atoms. The van der Waals surface area contributed by atoms with Crippen LogP contribution in [0.15, 0.2) is 48.5 Å². The van der Waals surface area contributed by atoms with Gasteiger partial charge < -0.3 is 9.80 Å². The van der Waals surface area contributed by atoms with Crippen LogP contribution in [0, 0.1) is 5.82 Å². The number of alkyl halides is 1. The average Bonchev–Trinajstić information content (AvgIpc) is 2.54. The van der Waals surface area contributed by atoms with Gasteiger partial charge in [-0.25, -0.2) is 4.39 Å². The number of nitrogens with zero attached hydrogens (tertiary/aromatic N) is 2. The molecule has 1 atom stereocenters. The van der Waals surface area contributed by atoms with Crippen LogP contribution in [0.1, 0.15) is 6.92 Å². The summed E-state index contributed by atoms with van der Waals surface area (Å²) in [6, 6.07) is 14.2. The van der Waals surface area contributed by atoms with Gasteiger partial charge in [0.1, 0.15) is 5.82 Å². The molecule has 1 aliphatic rings.